The Morgan fingerprint density at radius 3 is 2.15 bits per heavy atom. The largest absolute Gasteiger partial charge is 0.463 e. The number of nitriles is 1. The first-order chi connectivity index (χ1) is 12.9. The molecule has 0 aliphatic heterocycles. The standard InChI is InChI=1S/C21H20N2O4/c1-3-27-20(26)21(14-22,23-15(2)24)13-16-9-11-18(12-10-16)19(25)17-7-5-4-6-8-17/h4-12H,3,13H2,1-2H3,(H,23,24)/t21-/m0/s1. The van der Waals surface area contributed by atoms with Gasteiger partial charge in [0.1, 0.15) is 6.07 Å². The Morgan fingerprint density at radius 2 is 1.63 bits per heavy atom. The van der Waals surface area contributed by atoms with Crippen LogP contribution in [0, 0.1) is 11.3 Å². The predicted octanol–water partition coefficient (Wildman–Crippen LogP) is 2.42. The molecule has 6 nitrogen and oxygen atoms in total. The second-order valence-electron chi connectivity index (χ2n) is 5.99. The van der Waals surface area contributed by atoms with Gasteiger partial charge >= 0.3 is 5.97 Å². The van der Waals surface area contributed by atoms with Crippen molar-refractivity contribution in [2.24, 2.45) is 0 Å². The number of hydrogen-bond acceptors (Lipinski definition) is 5. The van der Waals surface area contributed by atoms with Crippen molar-refractivity contribution in [3.8, 4) is 6.07 Å². The van der Waals surface area contributed by atoms with E-state index in [4.69, 9.17) is 4.74 Å². The third kappa shape index (κ3) is 4.79. The Hall–Kier alpha value is -3.46. The number of carbonyl (C=O) groups excluding carboxylic acids is 3. The van der Waals surface area contributed by atoms with Crippen LogP contribution in [0.2, 0.25) is 0 Å². The van der Waals surface area contributed by atoms with Gasteiger partial charge in [-0.15, -0.1) is 0 Å². The van der Waals surface area contributed by atoms with E-state index in [-0.39, 0.29) is 18.8 Å². The topological polar surface area (TPSA) is 96.3 Å². The number of carbonyl (C=O) groups is 3. The van der Waals surface area contributed by atoms with Gasteiger partial charge in [0.15, 0.2) is 5.78 Å². The molecule has 2 rings (SSSR count). The zero-order valence-electron chi connectivity index (χ0n) is 15.2. The minimum Gasteiger partial charge on any atom is -0.463 e. The highest BCUT2D eigenvalue weighted by molar-refractivity contribution is 6.08. The van der Waals surface area contributed by atoms with E-state index in [1.165, 1.54) is 6.92 Å². The van der Waals surface area contributed by atoms with Crippen molar-refractivity contribution in [1.29, 1.82) is 5.26 Å². The minimum absolute atomic E-state index is 0.0677. The van der Waals surface area contributed by atoms with E-state index in [2.05, 4.69) is 5.32 Å². The fourth-order valence-electron chi connectivity index (χ4n) is 2.67. The third-order valence-corrected chi connectivity index (χ3v) is 3.93. The molecule has 0 saturated carbocycles. The highest BCUT2D eigenvalue weighted by atomic mass is 16.5. The van der Waals surface area contributed by atoms with E-state index >= 15 is 0 Å². The van der Waals surface area contributed by atoms with Gasteiger partial charge in [0.05, 0.1) is 6.61 Å². The van der Waals surface area contributed by atoms with Crippen LogP contribution in [-0.2, 0) is 20.7 Å². The number of ketones is 1. The van der Waals surface area contributed by atoms with Crippen LogP contribution >= 0.6 is 0 Å². The van der Waals surface area contributed by atoms with Crippen molar-refractivity contribution < 1.29 is 19.1 Å². The molecule has 6 heteroatoms. The summed E-state index contributed by atoms with van der Waals surface area (Å²) in [5.41, 5.74) is -0.139. The van der Waals surface area contributed by atoms with E-state index in [0.717, 1.165) is 0 Å². The Morgan fingerprint density at radius 1 is 1.04 bits per heavy atom. The lowest BCUT2D eigenvalue weighted by molar-refractivity contribution is -0.150. The first-order valence-corrected chi connectivity index (χ1v) is 8.48. The first-order valence-electron chi connectivity index (χ1n) is 8.48. The molecule has 0 unspecified atom stereocenters. The number of rotatable bonds is 7. The van der Waals surface area contributed by atoms with E-state index in [1.54, 1.807) is 55.5 Å². The van der Waals surface area contributed by atoms with Gasteiger partial charge in [-0.3, -0.25) is 9.59 Å². The lowest BCUT2D eigenvalue weighted by Crippen LogP contribution is -2.55. The number of ether oxygens (including phenoxy) is 1. The van der Waals surface area contributed by atoms with Crippen LogP contribution in [-0.4, -0.2) is 29.8 Å². The molecule has 0 aliphatic carbocycles. The van der Waals surface area contributed by atoms with Gasteiger partial charge in [0, 0.05) is 24.5 Å². The molecule has 1 atom stereocenters. The van der Waals surface area contributed by atoms with Crippen LogP contribution in [0.5, 0.6) is 0 Å². The van der Waals surface area contributed by atoms with Gasteiger partial charge < -0.3 is 10.1 Å². The Labute approximate surface area is 157 Å². The average molecular weight is 364 g/mol. The van der Waals surface area contributed by atoms with E-state index in [9.17, 15) is 19.6 Å². The summed E-state index contributed by atoms with van der Waals surface area (Å²) in [4.78, 5) is 36.2. The normalized spacial score (nSPS) is 12.3. The zero-order chi connectivity index (χ0) is 19.9. The van der Waals surface area contributed by atoms with E-state index < -0.39 is 17.4 Å². The highest BCUT2D eigenvalue weighted by Gasteiger charge is 2.41. The molecule has 0 saturated heterocycles. The van der Waals surface area contributed by atoms with E-state index in [0.29, 0.717) is 16.7 Å². The van der Waals surface area contributed by atoms with Gasteiger partial charge in [0.2, 0.25) is 11.4 Å². The number of benzene rings is 2. The van der Waals surface area contributed by atoms with Gasteiger partial charge in [-0.1, -0.05) is 54.6 Å². The van der Waals surface area contributed by atoms with Gasteiger partial charge in [0.25, 0.3) is 0 Å². The van der Waals surface area contributed by atoms with Crippen LogP contribution in [0.4, 0.5) is 0 Å². The van der Waals surface area contributed by atoms with Crippen LogP contribution in [0.3, 0.4) is 0 Å². The van der Waals surface area contributed by atoms with Gasteiger partial charge in [-0.05, 0) is 12.5 Å². The summed E-state index contributed by atoms with van der Waals surface area (Å²) < 4.78 is 4.96. The predicted molar refractivity (Wildman–Crippen MR) is 98.8 cm³/mol. The summed E-state index contributed by atoms with van der Waals surface area (Å²) in [6.45, 7) is 2.94. The molecule has 2 aromatic rings. The molecule has 0 bridgehead atoms. The van der Waals surface area contributed by atoms with Crippen molar-refractivity contribution >= 4 is 17.7 Å². The zero-order valence-corrected chi connectivity index (χ0v) is 15.2. The van der Waals surface area contributed by atoms with Crippen molar-refractivity contribution in [1.82, 2.24) is 5.32 Å². The maximum absolute atomic E-state index is 12.5. The molecule has 0 fully saturated rings. The van der Waals surface area contributed by atoms with Crippen molar-refractivity contribution in [3.63, 3.8) is 0 Å². The van der Waals surface area contributed by atoms with Crippen molar-refractivity contribution in [2.45, 2.75) is 25.8 Å². The Balaban J connectivity index is 2.26. The molecule has 138 valence electrons. The molecule has 0 aromatic heterocycles. The molecular formula is C21H20N2O4. The van der Waals surface area contributed by atoms with Crippen LogP contribution < -0.4 is 5.32 Å². The van der Waals surface area contributed by atoms with Crippen molar-refractivity contribution in [2.75, 3.05) is 6.61 Å². The van der Waals surface area contributed by atoms with Crippen LogP contribution in [0.15, 0.2) is 54.6 Å². The van der Waals surface area contributed by atoms with Gasteiger partial charge in [-0.2, -0.15) is 5.26 Å². The molecule has 0 aliphatic rings. The lowest BCUT2D eigenvalue weighted by Gasteiger charge is -2.25. The molecule has 2 aromatic carbocycles. The molecule has 1 N–H and O–H groups in total. The van der Waals surface area contributed by atoms with Crippen molar-refractivity contribution in [3.05, 3.63) is 71.3 Å². The lowest BCUT2D eigenvalue weighted by atomic mass is 9.91. The molecule has 27 heavy (non-hydrogen) atoms. The first kappa shape index (κ1) is 19.9. The molecule has 1 amide bonds. The summed E-state index contributed by atoms with van der Waals surface area (Å²) in [7, 11) is 0. The molecular weight excluding hydrogens is 344 g/mol. The number of nitrogens with zero attached hydrogens (tertiary/aromatic N) is 1. The highest BCUT2D eigenvalue weighted by Crippen LogP contribution is 2.18. The fraction of sp³-hybridized carbons (Fsp3) is 0.238. The summed E-state index contributed by atoms with van der Waals surface area (Å²) >= 11 is 0. The Bertz CT molecular complexity index is 869. The average Bonchev–Trinajstić information content (AvgIpc) is 2.68. The SMILES string of the molecule is CCOC(=O)[C@@](C#N)(Cc1ccc(C(=O)c2ccccc2)cc1)NC(C)=O. The van der Waals surface area contributed by atoms with Crippen LogP contribution in [0.1, 0.15) is 35.3 Å². The maximum atomic E-state index is 12.5. The second-order valence-corrected chi connectivity index (χ2v) is 5.99. The summed E-state index contributed by atoms with van der Waals surface area (Å²) in [5.74, 6) is -1.45. The molecule has 0 radical (unpaired) electrons. The van der Waals surface area contributed by atoms with Gasteiger partial charge in [-0.25, -0.2) is 4.79 Å². The number of amides is 1. The quantitative estimate of drug-likeness (QED) is 0.601. The van der Waals surface area contributed by atoms with Crippen LogP contribution in [0.25, 0.3) is 0 Å². The molecule has 0 spiro atoms. The number of nitrogens with one attached hydrogen (secondary N) is 1. The number of esters is 1. The Kier molecular flexibility index (Phi) is 6.45. The molecule has 0 heterocycles. The smallest absolute Gasteiger partial charge is 0.347 e. The maximum Gasteiger partial charge on any atom is 0.347 e. The van der Waals surface area contributed by atoms with E-state index in [1.807, 2.05) is 12.1 Å². The second kappa shape index (κ2) is 8.77. The third-order valence-electron chi connectivity index (χ3n) is 3.93. The fourth-order valence-corrected chi connectivity index (χ4v) is 2.67. The summed E-state index contributed by atoms with van der Waals surface area (Å²) in [6.07, 6.45) is -0.0677. The number of hydrogen-bond donors (Lipinski definition) is 1. The monoisotopic (exact) mass is 364 g/mol. The minimum atomic E-state index is -1.81. The summed E-state index contributed by atoms with van der Waals surface area (Å²) in [5, 5.41) is 12.0. The summed E-state index contributed by atoms with van der Waals surface area (Å²) in [6, 6.07) is 17.3.